The molecule has 0 unspecified atom stereocenters. The summed E-state index contributed by atoms with van der Waals surface area (Å²) in [6, 6.07) is 1.76. The Bertz CT molecular complexity index is 490. The Morgan fingerprint density at radius 1 is 1.47 bits per heavy atom. The van der Waals surface area contributed by atoms with Crippen molar-refractivity contribution < 1.29 is 19.0 Å². The van der Waals surface area contributed by atoms with Crippen molar-refractivity contribution in [3.63, 3.8) is 0 Å². The van der Waals surface area contributed by atoms with Crippen molar-refractivity contribution >= 4 is 21.7 Å². The molecule has 1 aliphatic rings. The summed E-state index contributed by atoms with van der Waals surface area (Å²) in [5.41, 5.74) is 5.86. The maximum Gasteiger partial charge on any atom is 0.175 e. The fourth-order valence-electron chi connectivity index (χ4n) is 1.97. The lowest BCUT2D eigenvalue weighted by Gasteiger charge is -2.16. The number of Topliss-reactive ketones (excluding diaryl/α,β-unsaturated/α-hetero) is 1. The fourth-order valence-corrected chi connectivity index (χ4v) is 2.53. The number of nitrogens with two attached hydrogens (primary N) is 1. The number of hydrogen-bond donors (Lipinski definition) is 1. The molecule has 19 heavy (non-hydrogen) atoms. The minimum atomic E-state index is -0.109. The van der Waals surface area contributed by atoms with Gasteiger partial charge in [-0.2, -0.15) is 0 Å². The smallest absolute Gasteiger partial charge is 0.175 e. The first kappa shape index (κ1) is 14.1. The largest absolute Gasteiger partial charge is 0.495 e. The van der Waals surface area contributed by atoms with Gasteiger partial charge in [-0.25, -0.2) is 0 Å². The minimum Gasteiger partial charge on any atom is -0.495 e. The maximum absolute atomic E-state index is 12.2. The number of methoxy groups -OCH3 is 1. The van der Waals surface area contributed by atoms with E-state index in [0.717, 1.165) is 6.42 Å². The van der Waals surface area contributed by atoms with Crippen LogP contribution in [-0.2, 0) is 0 Å². The Balaban J connectivity index is 2.58. The third-order valence-corrected chi connectivity index (χ3v) is 3.39. The third kappa shape index (κ3) is 2.84. The highest BCUT2D eigenvalue weighted by Crippen LogP contribution is 2.44. The molecule has 0 radical (unpaired) electrons. The molecule has 0 spiro atoms. The molecule has 0 amide bonds. The van der Waals surface area contributed by atoms with Crippen molar-refractivity contribution in [1.82, 2.24) is 0 Å². The van der Waals surface area contributed by atoms with Crippen LogP contribution in [0.25, 0.3) is 0 Å². The highest BCUT2D eigenvalue weighted by atomic mass is 79.9. The molecule has 0 aliphatic carbocycles. The Labute approximate surface area is 120 Å². The number of rotatable bonds is 4. The molecular formula is C13H16BrNO4. The Kier molecular flexibility index (Phi) is 4.66. The predicted molar refractivity (Wildman–Crippen MR) is 74.3 cm³/mol. The van der Waals surface area contributed by atoms with Gasteiger partial charge >= 0.3 is 0 Å². The Morgan fingerprint density at radius 3 is 2.89 bits per heavy atom. The number of halogens is 1. The van der Waals surface area contributed by atoms with E-state index in [0.29, 0.717) is 40.5 Å². The summed E-state index contributed by atoms with van der Waals surface area (Å²) >= 11 is 3.39. The molecule has 1 heterocycles. The topological polar surface area (TPSA) is 70.8 Å². The first-order valence-corrected chi connectivity index (χ1v) is 6.87. The summed E-state index contributed by atoms with van der Waals surface area (Å²) in [5, 5.41) is 0. The fraction of sp³-hybridized carbons (Fsp3) is 0.462. The van der Waals surface area contributed by atoms with E-state index in [1.165, 1.54) is 7.11 Å². The average molecular weight is 330 g/mol. The molecule has 0 aromatic heterocycles. The van der Waals surface area contributed by atoms with Crippen molar-refractivity contribution in [2.24, 2.45) is 5.73 Å². The van der Waals surface area contributed by atoms with E-state index in [1.54, 1.807) is 6.07 Å². The Hall–Kier alpha value is -1.27. The summed E-state index contributed by atoms with van der Waals surface area (Å²) in [7, 11) is 1.52. The monoisotopic (exact) mass is 329 g/mol. The highest BCUT2D eigenvalue weighted by molar-refractivity contribution is 9.10. The molecule has 1 aliphatic heterocycles. The molecule has 104 valence electrons. The summed E-state index contributed by atoms with van der Waals surface area (Å²) in [6.07, 6.45) is 1.02. The lowest BCUT2D eigenvalue weighted by Crippen LogP contribution is -2.12. The van der Waals surface area contributed by atoms with Gasteiger partial charge in [0.05, 0.1) is 24.8 Å². The van der Waals surface area contributed by atoms with Gasteiger partial charge in [-0.1, -0.05) is 0 Å². The number of ketones is 1. The van der Waals surface area contributed by atoms with Crippen molar-refractivity contribution in [2.45, 2.75) is 12.8 Å². The second kappa shape index (κ2) is 6.25. The molecule has 2 N–H and O–H groups in total. The molecule has 0 saturated heterocycles. The van der Waals surface area contributed by atoms with Crippen molar-refractivity contribution in [3.05, 3.63) is 16.1 Å². The van der Waals surface area contributed by atoms with Crippen molar-refractivity contribution in [3.8, 4) is 17.2 Å². The van der Waals surface area contributed by atoms with E-state index >= 15 is 0 Å². The standard InChI is InChI=1S/C13H16BrNO4/c1-17-12-8(14)7-10-13(19-6-2-5-18-10)11(12)9(16)3-4-15/h7H,2-6,15H2,1H3. The van der Waals surface area contributed by atoms with Crippen LogP contribution in [0.4, 0.5) is 0 Å². The SMILES string of the molecule is COc1c(Br)cc2c(c1C(=O)CCN)OCCCO2. The molecule has 6 heteroatoms. The van der Waals surface area contributed by atoms with Gasteiger partial charge in [0.1, 0.15) is 11.3 Å². The normalized spacial score (nSPS) is 13.8. The van der Waals surface area contributed by atoms with Gasteiger partial charge in [0.2, 0.25) is 0 Å². The third-order valence-electron chi connectivity index (χ3n) is 2.80. The molecule has 5 nitrogen and oxygen atoms in total. The van der Waals surface area contributed by atoms with Crippen LogP contribution in [-0.4, -0.2) is 32.7 Å². The van der Waals surface area contributed by atoms with Crippen LogP contribution in [0.1, 0.15) is 23.2 Å². The van der Waals surface area contributed by atoms with Crippen LogP contribution in [0.5, 0.6) is 17.2 Å². The summed E-state index contributed by atoms with van der Waals surface area (Å²) < 4.78 is 17.2. The molecule has 0 fully saturated rings. The van der Waals surface area contributed by atoms with Crippen molar-refractivity contribution in [2.75, 3.05) is 26.9 Å². The molecular weight excluding hydrogens is 314 g/mol. The summed E-state index contributed by atoms with van der Waals surface area (Å²) in [4.78, 5) is 12.2. The number of ether oxygens (including phenoxy) is 3. The predicted octanol–water partition coefficient (Wildman–Crippen LogP) is 2.15. The highest BCUT2D eigenvalue weighted by Gasteiger charge is 2.26. The molecule has 1 aromatic carbocycles. The number of carbonyl (C=O) groups is 1. The van der Waals surface area contributed by atoms with E-state index in [2.05, 4.69) is 15.9 Å². The van der Waals surface area contributed by atoms with Crippen LogP contribution >= 0.6 is 15.9 Å². The zero-order valence-corrected chi connectivity index (χ0v) is 12.3. The first-order chi connectivity index (χ1) is 9.19. The van der Waals surface area contributed by atoms with Crippen LogP contribution < -0.4 is 19.9 Å². The zero-order valence-electron chi connectivity index (χ0n) is 10.7. The van der Waals surface area contributed by atoms with Gasteiger partial charge in [-0.3, -0.25) is 4.79 Å². The van der Waals surface area contributed by atoms with E-state index < -0.39 is 0 Å². The van der Waals surface area contributed by atoms with Gasteiger partial charge < -0.3 is 19.9 Å². The van der Waals surface area contributed by atoms with Gasteiger partial charge in [0, 0.05) is 18.9 Å². The van der Waals surface area contributed by atoms with E-state index in [9.17, 15) is 4.79 Å². The maximum atomic E-state index is 12.2. The zero-order chi connectivity index (χ0) is 13.8. The lowest BCUT2D eigenvalue weighted by atomic mass is 10.0. The number of hydrogen-bond acceptors (Lipinski definition) is 5. The van der Waals surface area contributed by atoms with Gasteiger partial charge in [0.25, 0.3) is 0 Å². The number of carbonyl (C=O) groups excluding carboxylic acids is 1. The minimum absolute atomic E-state index is 0.109. The van der Waals surface area contributed by atoms with E-state index in [1.807, 2.05) is 0 Å². The van der Waals surface area contributed by atoms with Crippen molar-refractivity contribution in [1.29, 1.82) is 0 Å². The van der Waals surface area contributed by atoms with Gasteiger partial charge in [-0.05, 0) is 22.5 Å². The second-order valence-corrected chi connectivity index (χ2v) is 4.96. The van der Waals surface area contributed by atoms with Crippen LogP contribution in [0.15, 0.2) is 10.5 Å². The molecule has 1 aromatic rings. The lowest BCUT2D eigenvalue weighted by molar-refractivity contribution is 0.0978. The molecule has 0 saturated carbocycles. The first-order valence-electron chi connectivity index (χ1n) is 6.08. The average Bonchev–Trinajstić information content (AvgIpc) is 2.62. The molecule has 0 atom stereocenters. The van der Waals surface area contributed by atoms with Gasteiger partial charge in [0.15, 0.2) is 17.3 Å². The molecule has 2 rings (SSSR count). The quantitative estimate of drug-likeness (QED) is 0.857. The Morgan fingerprint density at radius 2 is 2.21 bits per heavy atom. The van der Waals surface area contributed by atoms with E-state index in [-0.39, 0.29) is 18.7 Å². The summed E-state index contributed by atoms with van der Waals surface area (Å²) in [5.74, 6) is 1.37. The summed E-state index contributed by atoms with van der Waals surface area (Å²) in [6.45, 7) is 1.36. The van der Waals surface area contributed by atoms with Crippen LogP contribution in [0.2, 0.25) is 0 Å². The number of fused-ring (bicyclic) bond motifs is 1. The van der Waals surface area contributed by atoms with Crippen LogP contribution in [0.3, 0.4) is 0 Å². The van der Waals surface area contributed by atoms with E-state index in [4.69, 9.17) is 19.9 Å². The second-order valence-electron chi connectivity index (χ2n) is 4.11. The van der Waals surface area contributed by atoms with Gasteiger partial charge in [-0.15, -0.1) is 0 Å². The molecule has 0 bridgehead atoms. The van der Waals surface area contributed by atoms with Crippen LogP contribution in [0, 0.1) is 0 Å². The number of benzene rings is 1.